The van der Waals surface area contributed by atoms with E-state index in [4.69, 9.17) is 9.84 Å². The largest absolute Gasteiger partial charge is 0.497 e. The van der Waals surface area contributed by atoms with Gasteiger partial charge < -0.3 is 20.5 Å². The molecule has 0 amide bonds. The second-order valence-electron chi connectivity index (χ2n) is 5.13. The molecule has 3 N–H and O–H groups in total. The molecule has 0 radical (unpaired) electrons. The summed E-state index contributed by atoms with van der Waals surface area (Å²) in [5.74, 6) is 1.17. The number of aliphatic hydroxyl groups excluding tert-OH is 1. The molecule has 7 heteroatoms. The molecule has 2 aromatic rings. The lowest BCUT2D eigenvalue weighted by atomic mass is 10.1. The Labute approximate surface area is 139 Å². The van der Waals surface area contributed by atoms with E-state index in [1.54, 1.807) is 7.11 Å². The van der Waals surface area contributed by atoms with Crippen LogP contribution in [-0.4, -0.2) is 30.4 Å². The van der Waals surface area contributed by atoms with Gasteiger partial charge in [0.2, 0.25) is 0 Å². The van der Waals surface area contributed by atoms with Crippen LogP contribution in [0.1, 0.15) is 23.1 Å². The standard InChI is InChI=1S/C17H21F2N3O2/c1-24-13-4-2-12(3-5-13)10-22-17-15(11-20-8-9-23)14(16(18)19)6-7-21-17/h2-7,16,20,23H,8-11H2,1H3,(H,21,22). The molecule has 130 valence electrons. The number of halogens is 2. The van der Waals surface area contributed by atoms with Crippen LogP contribution < -0.4 is 15.4 Å². The van der Waals surface area contributed by atoms with E-state index in [1.807, 2.05) is 24.3 Å². The van der Waals surface area contributed by atoms with E-state index in [9.17, 15) is 8.78 Å². The minimum Gasteiger partial charge on any atom is -0.497 e. The topological polar surface area (TPSA) is 66.4 Å². The maximum atomic E-state index is 13.2. The molecule has 1 aromatic carbocycles. The molecule has 0 saturated carbocycles. The summed E-state index contributed by atoms with van der Waals surface area (Å²) in [6.45, 7) is 0.935. The zero-order valence-electron chi connectivity index (χ0n) is 13.4. The minimum atomic E-state index is -2.58. The molecule has 24 heavy (non-hydrogen) atoms. The number of rotatable bonds is 9. The van der Waals surface area contributed by atoms with Gasteiger partial charge >= 0.3 is 0 Å². The van der Waals surface area contributed by atoms with Gasteiger partial charge in [0.15, 0.2) is 0 Å². The van der Waals surface area contributed by atoms with E-state index in [1.165, 1.54) is 12.3 Å². The Kier molecular flexibility index (Phi) is 6.89. The van der Waals surface area contributed by atoms with Gasteiger partial charge in [-0.15, -0.1) is 0 Å². The monoisotopic (exact) mass is 337 g/mol. The highest BCUT2D eigenvalue weighted by atomic mass is 19.3. The van der Waals surface area contributed by atoms with Crippen molar-refractivity contribution in [3.05, 3.63) is 53.2 Å². The van der Waals surface area contributed by atoms with Crippen LogP contribution in [0.5, 0.6) is 5.75 Å². The summed E-state index contributed by atoms with van der Waals surface area (Å²) in [6, 6.07) is 8.78. The van der Waals surface area contributed by atoms with Crippen molar-refractivity contribution in [2.75, 3.05) is 25.6 Å². The number of alkyl halides is 2. The van der Waals surface area contributed by atoms with Crippen LogP contribution in [0.15, 0.2) is 36.5 Å². The molecule has 0 aliphatic heterocycles. The number of aromatic nitrogens is 1. The smallest absolute Gasteiger partial charge is 0.264 e. The van der Waals surface area contributed by atoms with E-state index < -0.39 is 6.43 Å². The average molecular weight is 337 g/mol. The first kappa shape index (κ1) is 18.1. The van der Waals surface area contributed by atoms with Crippen LogP contribution in [-0.2, 0) is 13.1 Å². The number of aliphatic hydroxyl groups is 1. The lowest BCUT2D eigenvalue weighted by molar-refractivity contribution is 0.150. The van der Waals surface area contributed by atoms with E-state index in [0.717, 1.165) is 11.3 Å². The SMILES string of the molecule is COc1ccc(CNc2nccc(C(F)F)c2CNCCO)cc1. The fraction of sp³-hybridized carbons (Fsp3) is 0.353. The molecule has 0 bridgehead atoms. The molecule has 0 fully saturated rings. The van der Waals surface area contributed by atoms with Gasteiger partial charge in [0.05, 0.1) is 13.7 Å². The Morgan fingerprint density at radius 1 is 1.17 bits per heavy atom. The molecule has 1 aromatic heterocycles. The molecular formula is C17H21F2N3O2. The number of methoxy groups -OCH3 is 1. The average Bonchev–Trinajstić information content (AvgIpc) is 2.61. The number of hydrogen-bond acceptors (Lipinski definition) is 5. The summed E-state index contributed by atoms with van der Waals surface area (Å²) in [5.41, 5.74) is 1.33. The summed E-state index contributed by atoms with van der Waals surface area (Å²) in [6.07, 6.45) is -1.21. The van der Waals surface area contributed by atoms with Crippen molar-refractivity contribution in [2.24, 2.45) is 0 Å². The molecule has 1 heterocycles. The van der Waals surface area contributed by atoms with Gasteiger partial charge in [-0.2, -0.15) is 0 Å². The molecule has 0 aliphatic rings. The first-order valence-corrected chi connectivity index (χ1v) is 7.60. The number of pyridine rings is 1. The number of nitrogens with zero attached hydrogens (tertiary/aromatic N) is 1. The van der Waals surface area contributed by atoms with Gasteiger partial charge in [0.25, 0.3) is 6.43 Å². The minimum absolute atomic E-state index is 0.0567. The van der Waals surface area contributed by atoms with E-state index in [2.05, 4.69) is 15.6 Å². The predicted octanol–water partition coefficient (Wildman–Crippen LogP) is 2.72. The fourth-order valence-electron chi connectivity index (χ4n) is 2.27. The quantitative estimate of drug-likeness (QED) is 0.614. The summed E-state index contributed by atoms with van der Waals surface area (Å²) in [5, 5.41) is 14.9. The van der Waals surface area contributed by atoms with Crippen LogP contribution >= 0.6 is 0 Å². The molecular weight excluding hydrogens is 316 g/mol. The Morgan fingerprint density at radius 2 is 1.92 bits per heavy atom. The van der Waals surface area contributed by atoms with Gasteiger partial charge in [-0.1, -0.05) is 12.1 Å². The molecule has 0 aliphatic carbocycles. The third-order valence-corrected chi connectivity index (χ3v) is 3.54. The van der Waals surface area contributed by atoms with Crippen molar-refractivity contribution in [3.63, 3.8) is 0 Å². The normalized spacial score (nSPS) is 10.9. The van der Waals surface area contributed by atoms with Gasteiger partial charge in [-0.3, -0.25) is 0 Å². The number of anilines is 1. The van der Waals surface area contributed by atoms with Crippen LogP contribution in [0.3, 0.4) is 0 Å². The van der Waals surface area contributed by atoms with Crippen LogP contribution in [0, 0.1) is 0 Å². The zero-order chi connectivity index (χ0) is 17.4. The van der Waals surface area contributed by atoms with Crippen molar-refractivity contribution in [2.45, 2.75) is 19.5 Å². The fourth-order valence-corrected chi connectivity index (χ4v) is 2.27. The highest BCUT2D eigenvalue weighted by Crippen LogP contribution is 2.27. The number of nitrogens with one attached hydrogen (secondary N) is 2. The third kappa shape index (κ3) is 4.87. The van der Waals surface area contributed by atoms with E-state index in [-0.39, 0.29) is 18.7 Å². The summed E-state index contributed by atoms with van der Waals surface area (Å²) >= 11 is 0. The maximum absolute atomic E-state index is 13.2. The lowest BCUT2D eigenvalue weighted by Gasteiger charge is -2.15. The molecule has 5 nitrogen and oxygen atoms in total. The van der Waals surface area contributed by atoms with Crippen molar-refractivity contribution >= 4 is 5.82 Å². The third-order valence-electron chi connectivity index (χ3n) is 3.54. The predicted molar refractivity (Wildman–Crippen MR) is 88.3 cm³/mol. The zero-order valence-corrected chi connectivity index (χ0v) is 13.4. The van der Waals surface area contributed by atoms with Crippen molar-refractivity contribution in [1.82, 2.24) is 10.3 Å². The van der Waals surface area contributed by atoms with Crippen molar-refractivity contribution < 1.29 is 18.6 Å². The Bertz CT molecular complexity index is 636. The Balaban J connectivity index is 2.13. The van der Waals surface area contributed by atoms with Crippen LogP contribution in [0.4, 0.5) is 14.6 Å². The van der Waals surface area contributed by atoms with Crippen molar-refractivity contribution in [1.29, 1.82) is 0 Å². The first-order valence-electron chi connectivity index (χ1n) is 7.60. The molecule has 2 rings (SSSR count). The lowest BCUT2D eigenvalue weighted by Crippen LogP contribution is -2.20. The second kappa shape index (κ2) is 9.14. The summed E-state index contributed by atoms with van der Waals surface area (Å²) in [7, 11) is 1.60. The van der Waals surface area contributed by atoms with Gasteiger partial charge in [0.1, 0.15) is 11.6 Å². The Hall–Kier alpha value is -2.25. The molecule has 0 unspecified atom stereocenters. The van der Waals surface area contributed by atoms with E-state index in [0.29, 0.717) is 24.5 Å². The van der Waals surface area contributed by atoms with Crippen LogP contribution in [0.2, 0.25) is 0 Å². The molecule has 0 atom stereocenters. The summed E-state index contributed by atoms with van der Waals surface area (Å²) < 4.78 is 31.5. The van der Waals surface area contributed by atoms with Crippen molar-refractivity contribution in [3.8, 4) is 5.75 Å². The van der Waals surface area contributed by atoms with Gasteiger partial charge in [-0.25, -0.2) is 13.8 Å². The van der Waals surface area contributed by atoms with Gasteiger partial charge in [-0.05, 0) is 23.8 Å². The molecule has 0 saturated heterocycles. The Morgan fingerprint density at radius 3 is 2.54 bits per heavy atom. The second-order valence-corrected chi connectivity index (χ2v) is 5.13. The summed E-state index contributed by atoms with van der Waals surface area (Å²) in [4.78, 5) is 4.18. The van der Waals surface area contributed by atoms with Gasteiger partial charge in [0, 0.05) is 37.0 Å². The number of hydrogen-bond donors (Lipinski definition) is 3. The first-order chi connectivity index (χ1) is 11.7. The highest BCUT2D eigenvalue weighted by molar-refractivity contribution is 5.49. The number of benzene rings is 1. The van der Waals surface area contributed by atoms with Crippen LogP contribution in [0.25, 0.3) is 0 Å². The van der Waals surface area contributed by atoms with E-state index >= 15 is 0 Å². The number of ether oxygens (including phenoxy) is 1. The maximum Gasteiger partial charge on any atom is 0.264 e. The highest BCUT2D eigenvalue weighted by Gasteiger charge is 2.16. The molecule has 0 spiro atoms.